The Kier molecular flexibility index (Phi) is 2.23. The van der Waals surface area contributed by atoms with Crippen LogP contribution in [0.2, 0.25) is 0 Å². The molecule has 4 heteroatoms. The third kappa shape index (κ3) is 1.50. The van der Waals surface area contributed by atoms with E-state index in [1.165, 1.54) is 0 Å². The summed E-state index contributed by atoms with van der Waals surface area (Å²) < 4.78 is 0. The average Bonchev–Trinajstić information content (AvgIpc) is 2.60. The monoisotopic (exact) mass is 236 g/mol. The molecule has 1 aromatic heterocycles. The van der Waals surface area contributed by atoms with E-state index in [9.17, 15) is 9.90 Å². The van der Waals surface area contributed by atoms with Gasteiger partial charge < -0.3 is 5.11 Å². The van der Waals surface area contributed by atoms with Crippen LogP contribution in [-0.2, 0) is 15.6 Å². The van der Waals surface area contributed by atoms with Gasteiger partial charge in [0.25, 0.3) is 0 Å². The van der Waals surface area contributed by atoms with Crippen LogP contribution in [0.15, 0.2) is 6.20 Å². The molecule has 1 aromatic rings. The summed E-state index contributed by atoms with van der Waals surface area (Å²) >= 11 is 0. The van der Waals surface area contributed by atoms with Crippen molar-refractivity contribution >= 4 is 5.97 Å². The molecule has 0 spiro atoms. The van der Waals surface area contributed by atoms with Gasteiger partial charge in [0, 0.05) is 16.7 Å². The van der Waals surface area contributed by atoms with Gasteiger partial charge in [0.05, 0.1) is 6.20 Å². The van der Waals surface area contributed by atoms with Gasteiger partial charge in [-0.25, -0.2) is 0 Å². The molecule has 1 heterocycles. The number of aromatic amines is 1. The third-order valence-corrected chi connectivity index (χ3v) is 3.95. The molecule has 0 radical (unpaired) electrons. The van der Waals surface area contributed by atoms with E-state index in [0.29, 0.717) is 6.42 Å². The number of hydrogen-bond donors (Lipinski definition) is 2. The Hall–Kier alpha value is -1.32. The van der Waals surface area contributed by atoms with Crippen LogP contribution in [0.4, 0.5) is 0 Å². The number of aliphatic carboxylic acids is 1. The van der Waals surface area contributed by atoms with E-state index in [1.807, 2.05) is 13.8 Å². The molecule has 17 heavy (non-hydrogen) atoms. The van der Waals surface area contributed by atoms with Crippen molar-refractivity contribution in [1.29, 1.82) is 0 Å². The van der Waals surface area contributed by atoms with Crippen molar-refractivity contribution < 1.29 is 9.90 Å². The van der Waals surface area contributed by atoms with Gasteiger partial charge in [-0.3, -0.25) is 9.89 Å². The third-order valence-electron chi connectivity index (χ3n) is 3.95. The van der Waals surface area contributed by atoms with E-state index in [4.69, 9.17) is 0 Å². The zero-order valence-electron chi connectivity index (χ0n) is 11.1. The van der Waals surface area contributed by atoms with Crippen LogP contribution in [0.3, 0.4) is 0 Å². The molecule has 1 fully saturated rings. The van der Waals surface area contributed by atoms with Crippen molar-refractivity contribution in [2.45, 2.75) is 51.9 Å². The van der Waals surface area contributed by atoms with Crippen LogP contribution in [0.5, 0.6) is 0 Å². The Balaban J connectivity index is 2.56. The largest absolute Gasteiger partial charge is 0.481 e. The van der Waals surface area contributed by atoms with E-state index < -0.39 is 11.4 Å². The molecule has 4 nitrogen and oxygen atoms in total. The number of carboxylic acids is 1. The van der Waals surface area contributed by atoms with Gasteiger partial charge in [-0.05, 0) is 11.8 Å². The van der Waals surface area contributed by atoms with Crippen LogP contribution in [0.1, 0.15) is 52.3 Å². The summed E-state index contributed by atoms with van der Waals surface area (Å²) in [6.45, 7) is 10.2. The highest BCUT2D eigenvalue weighted by atomic mass is 16.4. The first-order valence-corrected chi connectivity index (χ1v) is 5.91. The number of carbonyl (C=O) groups is 1. The molecule has 94 valence electrons. The van der Waals surface area contributed by atoms with Crippen LogP contribution < -0.4 is 0 Å². The lowest BCUT2D eigenvalue weighted by atomic mass is 9.81. The second kappa shape index (κ2) is 3.12. The minimum atomic E-state index is -0.761. The number of carboxylic acid groups (broad SMARTS) is 1. The quantitative estimate of drug-likeness (QED) is 0.829. The molecule has 0 aromatic carbocycles. The predicted octanol–water partition coefficient (Wildman–Crippen LogP) is 2.46. The fraction of sp³-hybridized carbons (Fsp3) is 0.692. The van der Waals surface area contributed by atoms with Crippen molar-refractivity contribution in [3.05, 3.63) is 17.5 Å². The maximum atomic E-state index is 11.6. The Morgan fingerprint density at radius 2 is 2.00 bits per heavy atom. The number of hydrogen-bond acceptors (Lipinski definition) is 2. The van der Waals surface area contributed by atoms with Crippen molar-refractivity contribution in [3.8, 4) is 0 Å². The van der Waals surface area contributed by atoms with Crippen LogP contribution >= 0.6 is 0 Å². The number of rotatable bonds is 2. The molecule has 0 bridgehead atoms. The van der Waals surface area contributed by atoms with Crippen molar-refractivity contribution in [3.63, 3.8) is 0 Å². The first-order chi connectivity index (χ1) is 7.63. The summed E-state index contributed by atoms with van der Waals surface area (Å²) in [6.07, 6.45) is 2.36. The summed E-state index contributed by atoms with van der Waals surface area (Å²) in [5.41, 5.74) is 0.714. The van der Waals surface area contributed by atoms with Gasteiger partial charge in [-0.1, -0.05) is 34.6 Å². The molecule has 2 rings (SSSR count). The Morgan fingerprint density at radius 1 is 1.47 bits per heavy atom. The van der Waals surface area contributed by atoms with Gasteiger partial charge in [-0.2, -0.15) is 5.10 Å². The highest BCUT2D eigenvalue weighted by Crippen LogP contribution is 2.65. The first kappa shape index (κ1) is 12.1. The zero-order chi connectivity index (χ0) is 13.1. The number of nitrogens with one attached hydrogen (secondary N) is 1. The molecular weight excluding hydrogens is 216 g/mol. The lowest BCUT2D eigenvalue weighted by molar-refractivity contribution is -0.141. The van der Waals surface area contributed by atoms with Crippen LogP contribution in [0.25, 0.3) is 0 Å². The van der Waals surface area contributed by atoms with E-state index in [0.717, 1.165) is 11.3 Å². The standard InChI is InChI=1S/C13H20N2O2/c1-11(2,3)9-8(6-14-15-9)13(10(16)17)7-12(13,4)5/h6H,7H2,1-5H3,(H,14,15)(H,16,17). The van der Waals surface area contributed by atoms with Crippen LogP contribution in [-0.4, -0.2) is 21.3 Å². The van der Waals surface area contributed by atoms with Gasteiger partial charge >= 0.3 is 5.97 Å². The average molecular weight is 236 g/mol. The number of nitrogens with zero attached hydrogens (tertiary/aromatic N) is 1. The molecule has 2 N–H and O–H groups in total. The Bertz CT molecular complexity index is 468. The molecule has 1 aliphatic rings. The zero-order valence-corrected chi connectivity index (χ0v) is 11.1. The molecule has 1 aliphatic carbocycles. The maximum Gasteiger partial charge on any atom is 0.314 e. The van der Waals surface area contributed by atoms with Gasteiger partial charge in [-0.15, -0.1) is 0 Å². The highest BCUT2D eigenvalue weighted by Gasteiger charge is 2.69. The molecule has 0 amide bonds. The summed E-state index contributed by atoms with van der Waals surface area (Å²) in [5.74, 6) is -0.741. The lowest BCUT2D eigenvalue weighted by Gasteiger charge is -2.23. The minimum absolute atomic E-state index is 0.118. The van der Waals surface area contributed by atoms with Gasteiger partial charge in [0.2, 0.25) is 0 Å². The Morgan fingerprint density at radius 3 is 2.35 bits per heavy atom. The molecule has 0 saturated heterocycles. The normalized spacial score (nSPS) is 26.9. The predicted molar refractivity (Wildman–Crippen MR) is 65.0 cm³/mol. The fourth-order valence-corrected chi connectivity index (χ4v) is 2.74. The second-order valence-corrected chi connectivity index (χ2v) is 6.68. The molecular formula is C13H20N2O2. The highest BCUT2D eigenvalue weighted by molar-refractivity contribution is 5.87. The summed E-state index contributed by atoms with van der Waals surface area (Å²) in [6, 6.07) is 0. The summed E-state index contributed by atoms with van der Waals surface area (Å²) in [4.78, 5) is 11.6. The summed E-state index contributed by atoms with van der Waals surface area (Å²) in [5, 5.41) is 16.6. The molecule has 1 atom stereocenters. The van der Waals surface area contributed by atoms with E-state index in [-0.39, 0.29) is 10.8 Å². The fourth-order valence-electron chi connectivity index (χ4n) is 2.74. The lowest BCUT2D eigenvalue weighted by Crippen LogP contribution is -2.29. The van der Waals surface area contributed by atoms with E-state index in [2.05, 4.69) is 31.0 Å². The molecule has 0 aliphatic heterocycles. The Labute approximate surface area is 101 Å². The second-order valence-electron chi connectivity index (χ2n) is 6.68. The molecule has 1 unspecified atom stereocenters. The maximum absolute atomic E-state index is 11.6. The van der Waals surface area contributed by atoms with Crippen LogP contribution in [0, 0.1) is 5.41 Å². The van der Waals surface area contributed by atoms with Crippen molar-refractivity contribution in [1.82, 2.24) is 10.2 Å². The van der Waals surface area contributed by atoms with Gasteiger partial charge in [0.1, 0.15) is 5.41 Å². The molecule has 1 saturated carbocycles. The first-order valence-electron chi connectivity index (χ1n) is 5.91. The topological polar surface area (TPSA) is 66.0 Å². The van der Waals surface area contributed by atoms with E-state index in [1.54, 1.807) is 6.20 Å². The minimum Gasteiger partial charge on any atom is -0.481 e. The van der Waals surface area contributed by atoms with E-state index >= 15 is 0 Å². The number of aromatic nitrogens is 2. The SMILES string of the molecule is CC(C)(C)c1[nH]ncc1C1(C(=O)O)CC1(C)C. The van der Waals surface area contributed by atoms with Crippen molar-refractivity contribution in [2.75, 3.05) is 0 Å². The number of H-pyrrole nitrogens is 1. The van der Waals surface area contributed by atoms with Gasteiger partial charge in [0.15, 0.2) is 0 Å². The van der Waals surface area contributed by atoms with Crippen molar-refractivity contribution in [2.24, 2.45) is 5.41 Å². The summed E-state index contributed by atoms with van der Waals surface area (Å²) in [7, 11) is 0. The smallest absolute Gasteiger partial charge is 0.314 e.